The van der Waals surface area contributed by atoms with E-state index in [4.69, 9.17) is 4.74 Å². The first-order valence-corrected chi connectivity index (χ1v) is 7.01. The number of benzene rings is 1. The molecule has 0 radical (unpaired) electrons. The molecule has 1 aromatic rings. The SMILES string of the molecule is OC(CNCCC1CCCCO1)c1cccc(F)c1. The molecule has 0 bridgehead atoms. The Morgan fingerprint density at radius 1 is 1.42 bits per heavy atom. The van der Waals surface area contributed by atoms with Crippen LogP contribution in [0.1, 0.15) is 37.4 Å². The summed E-state index contributed by atoms with van der Waals surface area (Å²) in [5, 5.41) is 13.1. The predicted molar refractivity (Wildman–Crippen MR) is 72.4 cm³/mol. The van der Waals surface area contributed by atoms with Crippen molar-refractivity contribution in [2.75, 3.05) is 19.7 Å². The molecule has 2 unspecified atom stereocenters. The van der Waals surface area contributed by atoms with Crippen LogP contribution in [0.15, 0.2) is 24.3 Å². The van der Waals surface area contributed by atoms with Gasteiger partial charge in [-0.1, -0.05) is 12.1 Å². The summed E-state index contributed by atoms with van der Waals surface area (Å²) in [4.78, 5) is 0. The van der Waals surface area contributed by atoms with Gasteiger partial charge in [0, 0.05) is 13.2 Å². The summed E-state index contributed by atoms with van der Waals surface area (Å²) in [6, 6.07) is 6.10. The number of nitrogens with one attached hydrogen (secondary N) is 1. The summed E-state index contributed by atoms with van der Waals surface area (Å²) >= 11 is 0. The summed E-state index contributed by atoms with van der Waals surface area (Å²) in [5.74, 6) is -0.313. The van der Waals surface area contributed by atoms with E-state index in [1.54, 1.807) is 12.1 Å². The molecule has 1 aromatic carbocycles. The average Bonchev–Trinajstić information content (AvgIpc) is 2.44. The molecule has 2 N–H and O–H groups in total. The van der Waals surface area contributed by atoms with E-state index in [1.807, 2.05) is 0 Å². The number of hydrogen-bond donors (Lipinski definition) is 2. The van der Waals surface area contributed by atoms with Crippen LogP contribution in [0, 0.1) is 5.82 Å². The summed E-state index contributed by atoms with van der Waals surface area (Å²) < 4.78 is 18.6. The van der Waals surface area contributed by atoms with Crippen molar-refractivity contribution in [1.82, 2.24) is 5.32 Å². The van der Waals surface area contributed by atoms with Crippen LogP contribution >= 0.6 is 0 Å². The van der Waals surface area contributed by atoms with Gasteiger partial charge in [0.2, 0.25) is 0 Å². The van der Waals surface area contributed by atoms with Crippen LogP contribution < -0.4 is 5.32 Å². The fraction of sp³-hybridized carbons (Fsp3) is 0.600. The van der Waals surface area contributed by atoms with Crippen LogP contribution in [-0.4, -0.2) is 30.9 Å². The van der Waals surface area contributed by atoms with Crippen LogP contribution in [0.5, 0.6) is 0 Å². The number of hydrogen-bond acceptors (Lipinski definition) is 3. The Hall–Kier alpha value is -0.970. The molecule has 1 fully saturated rings. The van der Waals surface area contributed by atoms with Gasteiger partial charge in [-0.15, -0.1) is 0 Å². The monoisotopic (exact) mass is 267 g/mol. The van der Waals surface area contributed by atoms with Gasteiger partial charge < -0.3 is 15.2 Å². The zero-order chi connectivity index (χ0) is 13.5. The van der Waals surface area contributed by atoms with Gasteiger partial charge in [-0.3, -0.25) is 0 Å². The Balaban J connectivity index is 1.64. The number of halogens is 1. The lowest BCUT2D eigenvalue weighted by Gasteiger charge is -2.22. The maximum absolute atomic E-state index is 13.0. The lowest BCUT2D eigenvalue weighted by atomic mass is 10.1. The highest BCUT2D eigenvalue weighted by Gasteiger charge is 2.13. The van der Waals surface area contributed by atoms with E-state index in [9.17, 15) is 9.50 Å². The molecule has 0 amide bonds. The van der Waals surface area contributed by atoms with Crippen LogP contribution in [-0.2, 0) is 4.74 Å². The van der Waals surface area contributed by atoms with Crippen molar-refractivity contribution in [2.45, 2.75) is 37.9 Å². The third-order valence-electron chi connectivity index (χ3n) is 3.49. The lowest BCUT2D eigenvalue weighted by molar-refractivity contribution is 0.0111. The lowest BCUT2D eigenvalue weighted by Crippen LogP contribution is -2.28. The second-order valence-electron chi connectivity index (χ2n) is 5.05. The summed E-state index contributed by atoms with van der Waals surface area (Å²) in [5.41, 5.74) is 0.612. The third-order valence-corrected chi connectivity index (χ3v) is 3.49. The highest BCUT2D eigenvalue weighted by atomic mass is 19.1. The van der Waals surface area contributed by atoms with E-state index in [1.165, 1.54) is 25.0 Å². The van der Waals surface area contributed by atoms with E-state index in [-0.39, 0.29) is 5.82 Å². The van der Waals surface area contributed by atoms with Crippen LogP contribution in [0.4, 0.5) is 4.39 Å². The second-order valence-corrected chi connectivity index (χ2v) is 5.05. The molecule has 3 nitrogen and oxygen atoms in total. The first-order chi connectivity index (χ1) is 9.25. The summed E-state index contributed by atoms with van der Waals surface area (Å²) in [6.45, 7) is 2.13. The van der Waals surface area contributed by atoms with Gasteiger partial charge in [-0.05, 0) is 49.9 Å². The molecule has 0 aliphatic carbocycles. The Morgan fingerprint density at radius 2 is 2.32 bits per heavy atom. The van der Waals surface area contributed by atoms with Gasteiger partial charge in [0.05, 0.1) is 12.2 Å². The molecular formula is C15H22FNO2. The van der Waals surface area contributed by atoms with Crippen molar-refractivity contribution in [3.8, 4) is 0 Å². The average molecular weight is 267 g/mol. The van der Waals surface area contributed by atoms with Crippen molar-refractivity contribution in [3.63, 3.8) is 0 Å². The van der Waals surface area contributed by atoms with Gasteiger partial charge in [0.15, 0.2) is 0 Å². The van der Waals surface area contributed by atoms with Crippen molar-refractivity contribution >= 4 is 0 Å². The Bertz CT molecular complexity index is 380. The molecular weight excluding hydrogens is 245 g/mol. The van der Waals surface area contributed by atoms with Gasteiger partial charge in [-0.2, -0.15) is 0 Å². The van der Waals surface area contributed by atoms with Gasteiger partial charge in [-0.25, -0.2) is 4.39 Å². The topological polar surface area (TPSA) is 41.5 Å². The molecule has 0 saturated carbocycles. The van der Waals surface area contributed by atoms with Crippen molar-refractivity contribution < 1.29 is 14.2 Å². The minimum absolute atomic E-state index is 0.313. The fourth-order valence-corrected chi connectivity index (χ4v) is 2.37. The Kier molecular flexibility index (Phi) is 5.76. The maximum atomic E-state index is 13.0. The first-order valence-electron chi connectivity index (χ1n) is 7.01. The van der Waals surface area contributed by atoms with E-state index >= 15 is 0 Å². The molecule has 2 rings (SSSR count). The summed E-state index contributed by atoms with van der Waals surface area (Å²) in [6.07, 6.45) is 4.21. The third kappa shape index (κ3) is 4.90. The van der Waals surface area contributed by atoms with Crippen molar-refractivity contribution in [3.05, 3.63) is 35.6 Å². The Labute approximate surface area is 113 Å². The van der Waals surface area contributed by atoms with Crippen LogP contribution in [0.2, 0.25) is 0 Å². The molecule has 1 aliphatic heterocycles. The predicted octanol–water partition coefficient (Wildman–Crippen LogP) is 2.41. The summed E-state index contributed by atoms with van der Waals surface area (Å²) in [7, 11) is 0. The largest absolute Gasteiger partial charge is 0.387 e. The standard InChI is InChI=1S/C15H22FNO2/c16-13-5-3-4-12(10-13)15(18)11-17-8-7-14-6-1-2-9-19-14/h3-5,10,14-15,17-18H,1-2,6-9,11H2. The Morgan fingerprint density at radius 3 is 3.05 bits per heavy atom. The fourth-order valence-electron chi connectivity index (χ4n) is 2.37. The minimum Gasteiger partial charge on any atom is -0.387 e. The van der Waals surface area contributed by atoms with Crippen LogP contribution in [0.3, 0.4) is 0 Å². The van der Waals surface area contributed by atoms with Crippen molar-refractivity contribution in [2.24, 2.45) is 0 Å². The smallest absolute Gasteiger partial charge is 0.123 e. The van der Waals surface area contributed by atoms with Gasteiger partial charge >= 0.3 is 0 Å². The zero-order valence-electron chi connectivity index (χ0n) is 11.1. The van der Waals surface area contributed by atoms with E-state index in [0.717, 1.165) is 26.0 Å². The zero-order valence-corrected chi connectivity index (χ0v) is 11.1. The van der Waals surface area contributed by atoms with E-state index in [2.05, 4.69) is 5.32 Å². The highest BCUT2D eigenvalue weighted by Crippen LogP contribution is 2.15. The quantitative estimate of drug-likeness (QED) is 0.778. The number of ether oxygens (including phenoxy) is 1. The normalized spacial score (nSPS) is 21.3. The minimum atomic E-state index is -0.664. The second kappa shape index (κ2) is 7.58. The van der Waals surface area contributed by atoms with Gasteiger partial charge in [0.1, 0.15) is 5.82 Å². The number of rotatable bonds is 6. The van der Waals surface area contributed by atoms with E-state index in [0.29, 0.717) is 18.2 Å². The molecule has 1 heterocycles. The molecule has 0 spiro atoms. The molecule has 4 heteroatoms. The number of aliphatic hydroxyl groups is 1. The highest BCUT2D eigenvalue weighted by molar-refractivity contribution is 5.18. The first kappa shape index (κ1) is 14.4. The molecule has 0 aromatic heterocycles. The number of aliphatic hydroxyl groups excluding tert-OH is 1. The van der Waals surface area contributed by atoms with Crippen LogP contribution in [0.25, 0.3) is 0 Å². The molecule has 2 atom stereocenters. The molecule has 1 aliphatic rings. The molecule has 19 heavy (non-hydrogen) atoms. The maximum Gasteiger partial charge on any atom is 0.123 e. The van der Waals surface area contributed by atoms with Gasteiger partial charge in [0.25, 0.3) is 0 Å². The van der Waals surface area contributed by atoms with E-state index < -0.39 is 6.10 Å². The molecule has 1 saturated heterocycles. The molecule has 106 valence electrons. The van der Waals surface area contributed by atoms with Crippen molar-refractivity contribution in [1.29, 1.82) is 0 Å².